The lowest BCUT2D eigenvalue weighted by Crippen LogP contribution is -2.22. The molecule has 0 saturated carbocycles. The lowest BCUT2D eigenvalue weighted by atomic mass is 10.2. The Morgan fingerprint density at radius 2 is 2.54 bits per heavy atom. The van der Waals surface area contributed by atoms with Crippen LogP contribution in [0.15, 0.2) is 0 Å². The SMILES string of the molecule is C#CC[C@H](CO)Nc1nc(C)ns1. The predicted octanol–water partition coefficient (Wildman–Crippen LogP) is 0.643. The average molecular weight is 197 g/mol. The van der Waals surface area contributed by atoms with Crippen LogP contribution >= 0.6 is 11.5 Å². The summed E-state index contributed by atoms with van der Waals surface area (Å²) in [5.74, 6) is 3.21. The van der Waals surface area contributed by atoms with Crippen molar-refractivity contribution in [3.63, 3.8) is 0 Å². The molecule has 0 saturated heterocycles. The topological polar surface area (TPSA) is 58.0 Å². The molecule has 1 atom stereocenters. The minimum absolute atomic E-state index is 0.00281. The highest BCUT2D eigenvalue weighted by Gasteiger charge is 2.07. The highest BCUT2D eigenvalue weighted by Crippen LogP contribution is 2.12. The molecule has 1 aromatic rings. The van der Waals surface area contributed by atoms with Crippen molar-refractivity contribution in [2.24, 2.45) is 0 Å². The summed E-state index contributed by atoms with van der Waals surface area (Å²) in [5.41, 5.74) is 0. The summed E-state index contributed by atoms with van der Waals surface area (Å²) in [7, 11) is 0. The number of nitrogens with one attached hydrogen (secondary N) is 1. The molecule has 1 rings (SSSR count). The minimum Gasteiger partial charge on any atom is -0.394 e. The number of hydrogen-bond donors (Lipinski definition) is 2. The van der Waals surface area contributed by atoms with E-state index in [-0.39, 0.29) is 12.6 Å². The van der Waals surface area contributed by atoms with Gasteiger partial charge in [-0.05, 0) is 6.92 Å². The van der Waals surface area contributed by atoms with Crippen LogP contribution in [0.5, 0.6) is 0 Å². The number of terminal acetylenes is 1. The number of anilines is 1. The van der Waals surface area contributed by atoms with Gasteiger partial charge in [-0.3, -0.25) is 0 Å². The standard InChI is InChI=1S/C8H11N3OS/c1-3-4-7(5-12)10-8-9-6(2)11-13-8/h1,7,12H,4-5H2,2H3,(H,9,10,11)/t7-/m1/s1. The fourth-order valence-electron chi connectivity index (χ4n) is 0.834. The van der Waals surface area contributed by atoms with Crippen LogP contribution in [0.25, 0.3) is 0 Å². The Kier molecular flexibility index (Phi) is 3.68. The van der Waals surface area contributed by atoms with Crippen molar-refractivity contribution < 1.29 is 5.11 Å². The third-order valence-corrected chi connectivity index (χ3v) is 2.18. The first-order chi connectivity index (χ1) is 6.26. The van der Waals surface area contributed by atoms with Gasteiger partial charge in [0.25, 0.3) is 0 Å². The van der Waals surface area contributed by atoms with E-state index in [0.717, 1.165) is 5.82 Å². The summed E-state index contributed by atoms with van der Waals surface area (Å²) in [4.78, 5) is 4.10. The van der Waals surface area contributed by atoms with Crippen LogP contribution in [0.4, 0.5) is 5.13 Å². The van der Waals surface area contributed by atoms with Gasteiger partial charge < -0.3 is 10.4 Å². The minimum atomic E-state index is -0.127. The van der Waals surface area contributed by atoms with E-state index in [0.29, 0.717) is 11.6 Å². The van der Waals surface area contributed by atoms with Crippen LogP contribution in [-0.4, -0.2) is 27.1 Å². The van der Waals surface area contributed by atoms with E-state index in [9.17, 15) is 0 Å². The van der Waals surface area contributed by atoms with Crippen LogP contribution < -0.4 is 5.32 Å². The van der Waals surface area contributed by atoms with Crippen molar-refractivity contribution in [2.45, 2.75) is 19.4 Å². The van der Waals surface area contributed by atoms with Crippen molar-refractivity contribution in [3.05, 3.63) is 5.82 Å². The molecule has 70 valence electrons. The second-order valence-corrected chi connectivity index (χ2v) is 3.33. The molecular weight excluding hydrogens is 186 g/mol. The van der Waals surface area contributed by atoms with Gasteiger partial charge in [0.05, 0.1) is 12.6 Å². The molecule has 0 unspecified atom stereocenters. The van der Waals surface area contributed by atoms with Crippen LogP contribution in [0, 0.1) is 19.3 Å². The molecular formula is C8H11N3OS. The Hall–Kier alpha value is -1.12. The van der Waals surface area contributed by atoms with Crippen LogP contribution in [0.3, 0.4) is 0 Å². The van der Waals surface area contributed by atoms with Gasteiger partial charge in [-0.2, -0.15) is 4.37 Å². The number of aryl methyl sites for hydroxylation is 1. The van der Waals surface area contributed by atoms with Gasteiger partial charge in [0.1, 0.15) is 5.82 Å². The number of aliphatic hydroxyl groups is 1. The van der Waals surface area contributed by atoms with E-state index in [1.54, 1.807) is 0 Å². The van der Waals surface area contributed by atoms with Crippen molar-refractivity contribution in [3.8, 4) is 12.3 Å². The normalized spacial score (nSPS) is 12.1. The number of nitrogens with zero attached hydrogens (tertiary/aromatic N) is 2. The van der Waals surface area contributed by atoms with E-state index in [4.69, 9.17) is 11.5 Å². The maximum Gasteiger partial charge on any atom is 0.202 e. The summed E-state index contributed by atoms with van der Waals surface area (Å²) in [6, 6.07) is -0.127. The third-order valence-electron chi connectivity index (χ3n) is 1.44. The summed E-state index contributed by atoms with van der Waals surface area (Å²) in [6.07, 6.45) is 5.61. The van der Waals surface area contributed by atoms with E-state index in [1.807, 2.05) is 6.92 Å². The average Bonchev–Trinajstić information content (AvgIpc) is 2.50. The Morgan fingerprint density at radius 1 is 1.77 bits per heavy atom. The second kappa shape index (κ2) is 4.80. The van der Waals surface area contributed by atoms with Gasteiger partial charge in [0.2, 0.25) is 5.13 Å². The van der Waals surface area contributed by atoms with Crippen LogP contribution in [0.1, 0.15) is 12.2 Å². The zero-order valence-electron chi connectivity index (χ0n) is 7.32. The first kappa shape index (κ1) is 9.96. The molecule has 1 aromatic heterocycles. The number of rotatable bonds is 4. The fraction of sp³-hybridized carbons (Fsp3) is 0.500. The highest BCUT2D eigenvalue weighted by molar-refractivity contribution is 7.09. The van der Waals surface area contributed by atoms with E-state index < -0.39 is 0 Å². The summed E-state index contributed by atoms with van der Waals surface area (Å²) in [5, 5.41) is 12.6. The smallest absolute Gasteiger partial charge is 0.202 e. The van der Waals surface area contributed by atoms with Crippen molar-refractivity contribution in [1.82, 2.24) is 9.36 Å². The van der Waals surface area contributed by atoms with Crippen molar-refractivity contribution in [2.75, 3.05) is 11.9 Å². The predicted molar refractivity (Wildman–Crippen MR) is 52.6 cm³/mol. The van der Waals surface area contributed by atoms with Crippen molar-refractivity contribution in [1.29, 1.82) is 0 Å². The fourth-order valence-corrected chi connectivity index (χ4v) is 1.49. The Labute approximate surface area is 81.2 Å². The Bertz CT molecular complexity index is 305. The lowest BCUT2D eigenvalue weighted by molar-refractivity contribution is 0.276. The van der Waals surface area contributed by atoms with Gasteiger partial charge in [0.15, 0.2) is 0 Å². The van der Waals surface area contributed by atoms with E-state index in [2.05, 4.69) is 20.6 Å². The zero-order valence-corrected chi connectivity index (χ0v) is 8.14. The zero-order chi connectivity index (χ0) is 9.68. The number of hydrogen-bond acceptors (Lipinski definition) is 5. The third kappa shape index (κ3) is 3.01. The molecule has 0 aliphatic heterocycles. The van der Waals surface area contributed by atoms with Gasteiger partial charge >= 0.3 is 0 Å². The summed E-state index contributed by atoms with van der Waals surface area (Å²) in [6.45, 7) is 1.82. The lowest BCUT2D eigenvalue weighted by Gasteiger charge is -2.10. The van der Waals surface area contributed by atoms with E-state index in [1.165, 1.54) is 11.5 Å². The molecule has 13 heavy (non-hydrogen) atoms. The highest BCUT2D eigenvalue weighted by atomic mass is 32.1. The Balaban J connectivity index is 2.52. The van der Waals surface area contributed by atoms with Crippen LogP contribution in [-0.2, 0) is 0 Å². The number of aliphatic hydroxyl groups excluding tert-OH is 1. The van der Waals surface area contributed by atoms with Crippen molar-refractivity contribution >= 4 is 16.7 Å². The Morgan fingerprint density at radius 3 is 3.00 bits per heavy atom. The number of aromatic nitrogens is 2. The first-order valence-corrected chi connectivity index (χ1v) is 4.64. The quantitative estimate of drug-likeness (QED) is 0.696. The maximum atomic E-state index is 8.92. The molecule has 4 nitrogen and oxygen atoms in total. The molecule has 1 heterocycles. The van der Waals surface area contributed by atoms with Crippen LogP contribution in [0.2, 0.25) is 0 Å². The maximum absolute atomic E-state index is 8.92. The molecule has 0 aromatic carbocycles. The molecule has 0 spiro atoms. The van der Waals surface area contributed by atoms with Gasteiger partial charge in [-0.25, -0.2) is 4.98 Å². The molecule has 0 aliphatic carbocycles. The largest absolute Gasteiger partial charge is 0.394 e. The molecule has 0 fully saturated rings. The molecule has 0 aliphatic rings. The van der Waals surface area contributed by atoms with Gasteiger partial charge in [-0.15, -0.1) is 12.3 Å². The summed E-state index contributed by atoms with van der Waals surface area (Å²) < 4.78 is 4.00. The van der Waals surface area contributed by atoms with Gasteiger partial charge in [-0.1, -0.05) is 0 Å². The molecule has 0 bridgehead atoms. The molecule has 2 N–H and O–H groups in total. The first-order valence-electron chi connectivity index (χ1n) is 3.87. The molecule has 0 radical (unpaired) electrons. The van der Waals surface area contributed by atoms with E-state index >= 15 is 0 Å². The molecule has 5 heteroatoms. The molecule has 0 amide bonds. The summed E-state index contributed by atoms with van der Waals surface area (Å²) >= 11 is 1.27. The van der Waals surface area contributed by atoms with Gasteiger partial charge in [0, 0.05) is 18.0 Å². The second-order valence-electron chi connectivity index (χ2n) is 2.58. The monoisotopic (exact) mass is 197 g/mol.